The van der Waals surface area contributed by atoms with E-state index < -0.39 is 0 Å². The van der Waals surface area contributed by atoms with E-state index >= 15 is 0 Å². The van der Waals surface area contributed by atoms with Crippen LogP contribution < -0.4 is 5.32 Å². The van der Waals surface area contributed by atoms with Gasteiger partial charge in [-0.3, -0.25) is 0 Å². The van der Waals surface area contributed by atoms with Crippen molar-refractivity contribution < 1.29 is 4.74 Å². The number of likely N-dealkylation sites (N-methyl/N-ethyl adjacent to an activating group) is 1. The van der Waals surface area contributed by atoms with E-state index in [-0.39, 0.29) is 5.60 Å². The zero-order chi connectivity index (χ0) is 14.3. The van der Waals surface area contributed by atoms with Crippen molar-refractivity contribution in [2.75, 3.05) is 19.7 Å². The number of nitrogens with one attached hydrogen (secondary N) is 1. The van der Waals surface area contributed by atoms with Crippen LogP contribution in [0.3, 0.4) is 0 Å². The van der Waals surface area contributed by atoms with Crippen LogP contribution in [0.2, 0.25) is 5.02 Å². The molecule has 1 aromatic rings. The van der Waals surface area contributed by atoms with Gasteiger partial charge in [-0.25, -0.2) is 0 Å². The highest BCUT2D eigenvalue weighted by Crippen LogP contribution is 2.27. The lowest BCUT2D eigenvalue weighted by molar-refractivity contribution is -0.00621. The van der Waals surface area contributed by atoms with Gasteiger partial charge in [-0.1, -0.05) is 36.7 Å². The molecule has 19 heavy (non-hydrogen) atoms. The average molecular weight is 284 g/mol. The Hall–Kier alpha value is -0.570. The first-order valence-corrected chi connectivity index (χ1v) is 7.41. The number of rotatable bonds is 7. The lowest BCUT2D eigenvalue weighted by Crippen LogP contribution is -2.25. The van der Waals surface area contributed by atoms with Crippen molar-refractivity contribution in [1.82, 2.24) is 5.32 Å². The average Bonchev–Trinajstić information content (AvgIpc) is 2.33. The fraction of sp³-hybridized carbons (Fsp3) is 0.625. The predicted molar refractivity (Wildman–Crippen MR) is 83.1 cm³/mol. The van der Waals surface area contributed by atoms with Crippen molar-refractivity contribution in [3.8, 4) is 0 Å². The zero-order valence-corrected chi connectivity index (χ0v) is 13.3. The minimum atomic E-state index is -0.0801. The highest BCUT2D eigenvalue weighted by Gasteiger charge is 2.16. The summed E-state index contributed by atoms with van der Waals surface area (Å²) in [5, 5.41) is 4.26. The third kappa shape index (κ3) is 6.42. The number of ether oxygens (including phenoxy) is 1. The van der Waals surface area contributed by atoms with Gasteiger partial charge in [0.25, 0.3) is 0 Å². The van der Waals surface area contributed by atoms with E-state index in [1.54, 1.807) is 0 Å². The number of hydrogen-bond acceptors (Lipinski definition) is 2. The molecule has 0 aliphatic rings. The lowest BCUT2D eigenvalue weighted by Gasteiger charge is -2.23. The van der Waals surface area contributed by atoms with E-state index in [4.69, 9.17) is 16.3 Å². The molecule has 0 saturated carbocycles. The largest absolute Gasteiger partial charge is 0.376 e. The molecule has 0 saturated heterocycles. The van der Waals surface area contributed by atoms with Crippen molar-refractivity contribution in [3.05, 3.63) is 34.9 Å². The van der Waals surface area contributed by atoms with E-state index in [1.165, 1.54) is 5.56 Å². The van der Waals surface area contributed by atoms with Gasteiger partial charge in [-0.15, -0.1) is 0 Å². The molecule has 2 nitrogen and oxygen atoms in total. The highest BCUT2D eigenvalue weighted by atomic mass is 35.5. The molecule has 0 spiro atoms. The molecule has 0 fully saturated rings. The summed E-state index contributed by atoms with van der Waals surface area (Å²) in [5.74, 6) is 0.399. The summed E-state index contributed by atoms with van der Waals surface area (Å²) in [7, 11) is 0. The van der Waals surface area contributed by atoms with Crippen molar-refractivity contribution >= 4 is 11.6 Å². The van der Waals surface area contributed by atoms with Gasteiger partial charge in [-0.2, -0.15) is 0 Å². The van der Waals surface area contributed by atoms with Crippen molar-refractivity contribution in [2.45, 2.75) is 45.6 Å². The summed E-state index contributed by atoms with van der Waals surface area (Å²) in [6, 6.07) is 8.09. The van der Waals surface area contributed by atoms with E-state index in [0.717, 1.165) is 31.1 Å². The maximum absolute atomic E-state index is 6.30. The van der Waals surface area contributed by atoms with E-state index in [1.807, 2.05) is 18.2 Å². The van der Waals surface area contributed by atoms with E-state index in [0.29, 0.717) is 5.92 Å². The summed E-state index contributed by atoms with van der Waals surface area (Å²) >= 11 is 6.30. The summed E-state index contributed by atoms with van der Waals surface area (Å²) in [4.78, 5) is 0. The van der Waals surface area contributed by atoms with Crippen LogP contribution in [0.5, 0.6) is 0 Å². The maximum atomic E-state index is 6.30. The molecule has 0 bridgehead atoms. The minimum absolute atomic E-state index is 0.0801. The molecule has 0 heterocycles. The van der Waals surface area contributed by atoms with Crippen molar-refractivity contribution in [2.24, 2.45) is 0 Å². The normalized spacial score (nSPS) is 13.5. The third-order valence-corrected chi connectivity index (χ3v) is 3.33. The molecule has 0 radical (unpaired) electrons. The van der Waals surface area contributed by atoms with Crippen LogP contribution in [0.15, 0.2) is 24.3 Å². The third-order valence-electron chi connectivity index (χ3n) is 2.99. The van der Waals surface area contributed by atoms with Crippen LogP contribution in [0.1, 0.15) is 45.6 Å². The first-order chi connectivity index (χ1) is 8.94. The Kier molecular flexibility index (Phi) is 6.84. The molecule has 0 aliphatic carbocycles. The Morgan fingerprint density at radius 2 is 1.95 bits per heavy atom. The summed E-state index contributed by atoms with van der Waals surface area (Å²) in [6.45, 7) is 11.0. The Morgan fingerprint density at radius 1 is 1.26 bits per heavy atom. The van der Waals surface area contributed by atoms with Gasteiger partial charge in [0, 0.05) is 18.2 Å². The highest BCUT2D eigenvalue weighted by molar-refractivity contribution is 6.31. The van der Waals surface area contributed by atoms with E-state index in [9.17, 15) is 0 Å². The fourth-order valence-corrected chi connectivity index (χ4v) is 2.29. The quantitative estimate of drug-likeness (QED) is 0.808. The Labute approximate surface area is 122 Å². The van der Waals surface area contributed by atoms with Crippen LogP contribution in [0, 0.1) is 0 Å². The molecular weight excluding hydrogens is 258 g/mol. The van der Waals surface area contributed by atoms with Gasteiger partial charge in [0.05, 0.1) is 5.60 Å². The molecule has 0 aliphatic heterocycles. The van der Waals surface area contributed by atoms with Crippen LogP contribution in [0.4, 0.5) is 0 Å². The molecule has 1 rings (SSSR count). The number of benzene rings is 1. The van der Waals surface area contributed by atoms with Gasteiger partial charge in [-0.05, 0) is 51.3 Å². The Balaban J connectivity index is 2.64. The predicted octanol–water partition coefficient (Wildman–Crippen LogP) is 4.24. The molecule has 0 amide bonds. The molecule has 1 atom stereocenters. The first-order valence-electron chi connectivity index (χ1n) is 7.03. The van der Waals surface area contributed by atoms with Crippen LogP contribution in [-0.2, 0) is 4.74 Å². The topological polar surface area (TPSA) is 21.3 Å². The SMILES string of the molecule is CCNCC(CCOC(C)(C)C)c1ccccc1Cl. The van der Waals surface area contributed by atoms with Crippen molar-refractivity contribution in [1.29, 1.82) is 0 Å². The van der Waals surface area contributed by atoms with Gasteiger partial charge in [0.1, 0.15) is 0 Å². The second-order valence-electron chi connectivity index (χ2n) is 5.78. The molecule has 1 N–H and O–H groups in total. The van der Waals surface area contributed by atoms with Gasteiger partial charge in [0.2, 0.25) is 0 Å². The van der Waals surface area contributed by atoms with Crippen molar-refractivity contribution in [3.63, 3.8) is 0 Å². The first kappa shape index (κ1) is 16.5. The molecule has 0 aromatic heterocycles. The van der Waals surface area contributed by atoms with E-state index in [2.05, 4.69) is 39.1 Å². The Bertz CT molecular complexity index is 373. The molecule has 3 heteroatoms. The monoisotopic (exact) mass is 283 g/mol. The van der Waals surface area contributed by atoms with Gasteiger partial charge < -0.3 is 10.1 Å². The van der Waals surface area contributed by atoms with Gasteiger partial charge in [0.15, 0.2) is 0 Å². The smallest absolute Gasteiger partial charge is 0.0598 e. The standard InChI is InChI=1S/C16H26ClNO/c1-5-18-12-13(10-11-19-16(2,3)4)14-8-6-7-9-15(14)17/h6-9,13,18H,5,10-12H2,1-4H3. The molecular formula is C16H26ClNO. The Morgan fingerprint density at radius 3 is 2.53 bits per heavy atom. The number of halogens is 1. The minimum Gasteiger partial charge on any atom is -0.376 e. The van der Waals surface area contributed by atoms with Gasteiger partial charge >= 0.3 is 0 Å². The molecule has 1 aromatic carbocycles. The summed E-state index contributed by atoms with van der Waals surface area (Å²) < 4.78 is 5.83. The second-order valence-corrected chi connectivity index (χ2v) is 6.18. The van der Waals surface area contributed by atoms with Crippen LogP contribution in [-0.4, -0.2) is 25.3 Å². The fourth-order valence-electron chi connectivity index (χ4n) is 2.00. The zero-order valence-electron chi connectivity index (χ0n) is 12.5. The summed E-state index contributed by atoms with van der Waals surface area (Å²) in [6.07, 6.45) is 0.980. The van der Waals surface area contributed by atoms with Crippen LogP contribution in [0.25, 0.3) is 0 Å². The second kappa shape index (κ2) is 7.88. The van der Waals surface area contributed by atoms with Crippen LogP contribution >= 0.6 is 11.6 Å². The molecule has 1 unspecified atom stereocenters. The maximum Gasteiger partial charge on any atom is 0.0598 e. The lowest BCUT2D eigenvalue weighted by atomic mass is 9.95. The summed E-state index contributed by atoms with van der Waals surface area (Å²) in [5.41, 5.74) is 1.13. The number of hydrogen-bond donors (Lipinski definition) is 1. The molecule has 108 valence electrons.